The maximum atomic E-state index is 4.93. The van der Waals surface area contributed by atoms with Gasteiger partial charge in [0.25, 0.3) is 0 Å². The van der Waals surface area contributed by atoms with E-state index in [-0.39, 0.29) is 0 Å². The van der Waals surface area contributed by atoms with Gasteiger partial charge in [-0.2, -0.15) is 0 Å². The van der Waals surface area contributed by atoms with Gasteiger partial charge in [-0.3, -0.25) is 4.99 Å². The Hall–Kier alpha value is 0.522. The molecule has 0 atom stereocenters. The molecule has 1 aromatic carbocycles. The molecule has 125 valence electrons. The van der Waals surface area contributed by atoms with Crippen molar-refractivity contribution < 1.29 is 11.4 Å². The summed E-state index contributed by atoms with van der Waals surface area (Å²) >= 11 is -1.62. The summed E-state index contributed by atoms with van der Waals surface area (Å²) < 4.78 is 0. The third-order valence-corrected chi connectivity index (χ3v) is 6.51. The van der Waals surface area contributed by atoms with Crippen molar-refractivity contribution in [2.45, 2.75) is 52.0 Å². The molecule has 1 N–H and O–H groups in total. The zero-order chi connectivity index (χ0) is 16.7. The quantitative estimate of drug-likeness (QED) is 0.618. The summed E-state index contributed by atoms with van der Waals surface area (Å²) in [4.78, 5) is 4.71. The van der Waals surface area contributed by atoms with Crippen LogP contribution in [0.5, 0.6) is 0 Å². The molecule has 0 amide bonds. The van der Waals surface area contributed by atoms with Gasteiger partial charge in [0.1, 0.15) is 5.84 Å². The first-order valence-corrected chi connectivity index (χ1v) is 14.2. The fraction of sp³-hybridized carbons (Fsp3) is 0.533. The molecule has 1 heterocycles. The monoisotopic (exact) mass is 420 g/mol. The van der Waals surface area contributed by atoms with Gasteiger partial charge in [0, 0.05) is 6.42 Å². The topological polar surface area (TPSA) is 24.4 Å². The number of halogens is 3. The molecule has 0 saturated heterocycles. The summed E-state index contributed by atoms with van der Waals surface area (Å²) in [6.07, 6.45) is 0.976. The predicted octanol–water partition coefficient (Wildman–Crippen LogP) is 5.74. The Labute approximate surface area is 152 Å². The average molecular weight is 422 g/mol. The van der Waals surface area contributed by atoms with Crippen LogP contribution in [0.3, 0.4) is 0 Å². The van der Waals surface area contributed by atoms with Gasteiger partial charge in [-0.15, -0.1) is 0 Å². The first kappa shape index (κ1) is 20.6. The second kappa shape index (κ2) is 10.4. The van der Waals surface area contributed by atoms with E-state index in [9.17, 15) is 0 Å². The molecule has 0 unspecified atom stereocenters. The van der Waals surface area contributed by atoms with Crippen molar-refractivity contribution in [3.05, 3.63) is 35.4 Å². The summed E-state index contributed by atoms with van der Waals surface area (Å²) in [5.41, 5.74) is 4.28. The Morgan fingerprint density at radius 3 is 2.05 bits per heavy atom. The normalized spacial score (nSPS) is 13.9. The average Bonchev–Trinajstić information content (AvgIpc) is 2.43. The molecule has 7 heteroatoms. The van der Waals surface area contributed by atoms with E-state index in [1.165, 1.54) is 17.0 Å². The number of rotatable bonds is 3. The van der Waals surface area contributed by atoms with Crippen LogP contribution in [-0.4, -0.2) is 17.2 Å². The fourth-order valence-corrected chi connectivity index (χ4v) is 4.92. The van der Waals surface area contributed by atoms with Crippen LogP contribution < -0.4 is 5.09 Å². The Kier molecular flexibility index (Phi) is 9.72. The van der Waals surface area contributed by atoms with Crippen molar-refractivity contribution in [3.63, 3.8) is 0 Å². The van der Waals surface area contributed by atoms with Crippen LogP contribution in [0.15, 0.2) is 29.3 Å². The van der Waals surface area contributed by atoms with Gasteiger partial charge in [-0.25, -0.2) is 5.09 Å². The van der Waals surface area contributed by atoms with Crippen LogP contribution in [0.1, 0.15) is 38.8 Å². The Morgan fingerprint density at radius 1 is 1.05 bits per heavy atom. The number of hydrogen-bond donors (Lipinski definition) is 1. The first-order chi connectivity index (χ1) is 10.3. The van der Waals surface area contributed by atoms with E-state index in [1.54, 1.807) is 0 Å². The Morgan fingerprint density at radius 2 is 1.55 bits per heavy atom. The van der Waals surface area contributed by atoms with E-state index < -0.39 is 19.5 Å². The van der Waals surface area contributed by atoms with Crippen molar-refractivity contribution >= 4 is 44.1 Å². The third kappa shape index (κ3) is 7.39. The summed E-state index contributed by atoms with van der Waals surface area (Å²) in [5.74, 6) is 1.20. The molecule has 2 nitrogen and oxygen atoms in total. The molecular formula is C15H24Cl3CrN2P+. The summed E-state index contributed by atoms with van der Waals surface area (Å²) in [5, 5.41) is 3.75. The number of aliphatic imine (C=N–C) groups is 1. The number of amidine groups is 1. The Balaban J connectivity index is 0.000000541. The van der Waals surface area contributed by atoms with E-state index in [0.29, 0.717) is 0 Å². The number of nitrogens with one attached hydrogen (secondary N) is 1. The van der Waals surface area contributed by atoms with Gasteiger partial charge in [-0.05, 0) is 38.8 Å². The van der Waals surface area contributed by atoms with Gasteiger partial charge >= 0.3 is 41.5 Å². The zero-order valence-corrected chi connectivity index (χ0v) is 17.9. The molecule has 0 aliphatic carbocycles. The van der Waals surface area contributed by atoms with Crippen LogP contribution in [0.4, 0.5) is 0 Å². The second-order valence-corrected chi connectivity index (χ2v) is 15.6. The maximum absolute atomic E-state index is 4.93. The van der Waals surface area contributed by atoms with Gasteiger partial charge in [0.2, 0.25) is 0 Å². The van der Waals surface area contributed by atoms with E-state index in [4.69, 9.17) is 35.1 Å². The molecule has 0 aromatic heterocycles. The zero-order valence-electron chi connectivity index (χ0n) is 13.4. The van der Waals surface area contributed by atoms with Gasteiger partial charge in [0.05, 0.1) is 25.9 Å². The van der Waals surface area contributed by atoms with Crippen LogP contribution in [0.25, 0.3) is 0 Å². The molecule has 0 radical (unpaired) electrons. The van der Waals surface area contributed by atoms with E-state index in [2.05, 4.69) is 57.0 Å². The van der Waals surface area contributed by atoms with E-state index >= 15 is 0 Å². The molecule has 22 heavy (non-hydrogen) atoms. The Bertz CT molecular complexity index is 485. The molecule has 0 fully saturated rings. The first-order valence-electron chi connectivity index (χ1n) is 7.28. The predicted molar refractivity (Wildman–Crippen MR) is 101 cm³/mol. The summed E-state index contributed by atoms with van der Waals surface area (Å²) in [6.45, 7) is 10.1. The second-order valence-electron chi connectivity index (χ2n) is 5.77. The minimum atomic E-state index is -1.62. The van der Waals surface area contributed by atoms with Crippen LogP contribution >= 0.6 is 38.2 Å². The van der Waals surface area contributed by atoms with Crippen LogP contribution in [0, 0.1) is 0 Å². The van der Waals surface area contributed by atoms with Crippen molar-refractivity contribution in [3.8, 4) is 0 Å². The van der Waals surface area contributed by atoms with Crippen molar-refractivity contribution in [1.29, 1.82) is 0 Å². The molecule has 1 aromatic rings. The third-order valence-electron chi connectivity index (χ3n) is 3.45. The molecule has 0 bridgehead atoms. The van der Waals surface area contributed by atoms with Crippen LogP contribution in [-0.2, 0) is 24.3 Å². The summed E-state index contributed by atoms with van der Waals surface area (Å²) in [6, 6.07) is 8.64. The van der Waals surface area contributed by atoms with Gasteiger partial charge in [-0.1, -0.05) is 24.3 Å². The molecule has 0 spiro atoms. The van der Waals surface area contributed by atoms with E-state index in [0.717, 1.165) is 24.3 Å². The molecule has 1 aliphatic heterocycles. The number of hydrogen-bond acceptors (Lipinski definition) is 2. The minimum absolute atomic E-state index is 0.560. The SMILES string of the molecule is CC(C)[PH+](NC1=NCc2ccccc2C1)C(C)C.[Cl][Cr]([Cl])[Cl]. The number of nitrogens with zero attached hydrogens (tertiary/aromatic N) is 1. The molecule has 0 saturated carbocycles. The standard InChI is InChI=1S/C15H23N2P.3ClH.Cr/c1-11(2)18(12(3)4)17-15-9-13-7-5-6-8-14(13)10-16-15;;;;/h5-8,11-12H,9-10H2,1-4H3,(H,16,17);3*1H;/q;;;;+3/p-2. The summed E-state index contributed by atoms with van der Waals surface area (Å²) in [7, 11) is 14.2. The molecule has 2 rings (SSSR count). The van der Waals surface area contributed by atoms with Crippen molar-refractivity contribution in [2.24, 2.45) is 4.99 Å². The van der Waals surface area contributed by atoms with Gasteiger partial charge < -0.3 is 0 Å². The van der Waals surface area contributed by atoms with Gasteiger partial charge in [0.15, 0.2) is 0 Å². The number of benzene rings is 1. The molecular weight excluding hydrogens is 398 g/mol. The van der Waals surface area contributed by atoms with Crippen LogP contribution in [0.2, 0.25) is 0 Å². The van der Waals surface area contributed by atoms with E-state index in [1.807, 2.05) is 0 Å². The van der Waals surface area contributed by atoms with Crippen molar-refractivity contribution in [1.82, 2.24) is 5.09 Å². The van der Waals surface area contributed by atoms with Crippen molar-refractivity contribution in [2.75, 3.05) is 0 Å². The fourth-order valence-electron chi connectivity index (χ4n) is 2.51. The number of fused-ring (bicyclic) bond motifs is 1. The molecule has 1 aliphatic rings.